The van der Waals surface area contributed by atoms with Crippen molar-refractivity contribution in [1.29, 1.82) is 0 Å². The van der Waals surface area contributed by atoms with Crippen molar-refractivity contribution in [2.45, 2.75) is 38.5 Å². The van der Waals surface area contributed by atoms with Crippen molar-refractivity contribution in [2.75, 3.05) is 9.80 Å². The molecule has 278 valence electrons. The molecule has 0 amide bonds. The van der Waals surface area contributed by atoms with Crippen molar-refractivity contribution in [3.8, 4) is 56.4 Å². The maximum Gasteiger partial charge on any atom is 0.151 e. The Morgan fingerprint density at radius 2 is 0.724 bits per heavy atom. The van der Waals surface area contributed by atoms with Gasteiger partial charge in [-0.15, -0.1) is 0 Å². The maximum atomic E-state index is 6.49. The first-order valence-electron chi connectivity index (χ1n) is 20.2. The van der Waals surface area contributed by atoms with E-state index < -0.39 is 0 Å². The van der Waals surface area contributed by atoms with Crippen molar-refractivity contribution in [3.05, 3.63) is 192 Å². The third-order valence-electron chi connectivity index (χ3n) is 13.0. The number of benzene rings is 8. The number of fused-ring (bicyclic) bond motifs is 8. The Kier molecular flexibility index (Phi) is 6.71. The number of hydrogen-bond donors (Lipinski definition) is 0. The zero-order chi connectivity index (χ0) is 38.9. The quantitative estimate of drug-likeness (QED) is 0.180. The average Bonchev–Trinajstić information content (AvgIpc) is 3.26. The van der Waals surface area contributed by atoms with Crippen LogP contribution >= 0.6 is 0 Å². The SMILES string of the molecule is CC1(C)c2cc(-c3cc(-c4ccccc4)cc(-c4ccc5c(c4)C(C)(C)c4cccc6c4N5c4ccccc4O6)c3)ccc2N2c3ccccc3Oc3cccc1c32. The van der Waals surface area contributed by atoms with Crippen LogP contribution < -0.4 is 19.3 Å². The van der Waals surface area contributed by atoms with E-state index in [9.17, 15) is 0 Å². The molecule has 0 aliphatic carbocycles. The molecular formula is C54H40N2O2. The van der Waals surface area contributed by atoms with Crippen LogP contribution in [0.3, 0.4) is 0 Å². The van der Waals surface area contributed by atoms with Crippen LogP contribution in [0.5, 0.6) is 23.0 Å². The maximum absolute atomic E-state index is 6.49. The predicted molar refractivity (Wildman–Crippen MR) is 237 cm³/mol. The minimum Gasteiger partial charge on any atom is -0.453 e. The Morgan fingerprint density at radius 3 is 1.21 bits per heavy atom. The first-order chi connectivity index (χ1) is 28.3. The van der Waals surface area contributed by atoms with Crippen LogP contribution in [-0.4, -0.2) is 0 Å². The highest BCUT2D eigenvalue weighted by molar-refractivity contribution is 5.96. The molecule has 4 aliphatic heterocycles. The molecule has 4 heteroatoms. The number of nitrogens with zero attached hydrogens (tertiary/aromatic N) is 2. The van der Waals surface area contributed by atoms with Crippen LogP contribution in [-0.2, 0) is 10.8 Å². The molecule has 0 fully saturated rings. The van der Waals surface area contributed by atoms with Gasteiger partial charge in [-0.1, -0.05) is 119 Å². The van der Waals surface area contributed by atoms with E-state index in [1.165, 1.54) is 67.0 Å². The molecular weight excluding hydrogens is 709 g/mol. The van der Waals surface area contributed by atoms with E-state index in [0.717, 1.165) is 45.7 Å². The number of rotatable bonds is 3. The molecule has 0 radical (unpaired) electrons. The lowest BCUT2D eigenvalue weighted by molar-refractivity contribution is 0.471. The summed E-state index contributed by atoms with van der Waals surface area (Å²) in [5.74, 6) is 3.54. The number of para-hydroxylation sites is 6. The van der Waals surface area contributed by atoms with Crippen molar-refractivity contribution in [1.82, 2.24) is 0 Å². The minimum atomic E-state index is -0.263. The second-order valence-corrected chi connectivity index (χ2v) is 17.0. The zero-order valence-electron chi connectivity index (χ0n) is 32.9. The van der Waals surface area contributed by atoms with Gasteiger partial charge >= 0.3 is 0 Å². The fourth-order valence-corrected chi connectivity index (χ4v) is 9.98. The lowest BCUT2D eigenvalue weighted by Crippen LogP contribution is -2.32. The zero-order valence-corrected chi connectivity index (χ0v) is 32.9. The molecule has 0 spiro atoms. The van der Waals surface area contributed by atoms with Gasteiger partial charge in [0.15, 0.2) is 23.0 Å². The Bertz CT molecular complexity index is 2850. The van der Waals surface area contributed by atoms with Crippen molar-refractivity contribution < 1.29 is 9.47 Å². The first kappa shape index (κ1) is 33.1. The fourth-order valence-electron chi connectivity index (χ4n) is 9.98. The second-order valence-electron chi connectivity index (χ2n) is 17.0. The summed E-state index contributed by atoms with van der Waals surface area (Å²) in [5.41, 5.74) is 18.5. The molecule has 0 saturated heterocycles. The van der Waals surface area contributed by atoms with Crippen LogP contribution in [0.1, 0.15) is 49.9 Å². The van der Waals surface area contributed by atoms with E-state index in [1.807, 2.05) is 12.1 Å². The van der Waals surface area contributed by atoms with Gasteiger partial charge in [0.25, 0.3) is 0 Å². The third kappa shape index (κ3) is 4.57. The second kappa shape index (κ2) is 11.7. The number of anilines is 6. The van der Waals surface area contributed by atoms with Gasteiger partial charge in [-0.2, -0.15) is 0 Å². The summed E-state index contributed by atoms with van der Waals surface area (Å²) in [5, 5.41) is 0. The number of ether oxygens (including phenoxy) is 2. The van der Waals surface area contributed by atoms with E-state index in [4.69, 9.17) is 9.47 Å². The molecule has 8 aromatic rings. The highest BCUT2D eigenvalue weighted by Crippen LogP contribution is 2.62. The molecule has 4 nitrogen and oxygen atoms in total. The fraction of sp³-hybridized carbons (Fsp3) is 0.111. The van der Waals surface area contributed by atoms with Crippen LogP contribution in [0, 0.1) is 0 Å². The van der Waals surface area contributed by atoms with Gasteiger partial charge in [0.2, 0.25) is 0 Å². The van der Waals surface area contributed by atoms with Crippen molar-refractivity contribution in [2.24, 2.45) is 0 Å². The lowest BCUT2D eigenvalue weighted by Gasteiger charge is -2.45. The Labute approximate surface area is 339 Å². The Morgan fingerprint density at radius 1 is 0.310 bits per heavy atom. The topological polar surface area (TPSA) is 24.9 Å². The summed E-state index contributed by atoms with van der Waals surface area (Å²) in [7, 11) is 0. The van der Waals surface area contributed by atoms with E-state index >= 15 is 0 Å². The summed E-state index contributed by atoms with van der Waals surface area (Å²) < 4.78 is 13.0. The monoisotopic (exact) mass is 748 g/mol. The van der Waals surface area contributed by atoms with Gasteiger partial charge in [0.1, 0.15) is 0 Å². The highest BCUT2D eigenvalue weighted by atomic mass is 16.5. The lowest BCUT2D eigenvalue weighted by atomic mass is 9.72. The van der Waals surface area contributed by atoms with Crippen LogP contribution in [0.4, 0.5) is 34.1 Å². The molecule has 0 aromatic heterocycles. The molecule has 4 heterocycles. The molecule has 0 atom stereocenters. The molecule has 58 heavy (non-hydrogen) atoms. The highest BCUT2D eigenvalue weighted by Gasteiger charge is 2.43. The van der Waals surface area contributed by atoms with Gasteiger partial charge < -0.3 is 19.3 Å². The van der Waals surface area contributed by atoms with Crippen molar-refractivity contribution in [3.63, 3.8) is 0 Å². The molecule has 4 aliphatic rings. The van der Waals surface area contributed by atoms with Gasteiger partial charge in [-0.25, -0.2) is 0 Å². The largest absolute Gasteiger partial charge is 0.453 e. The Hall–Kier alpha value is -7.04. The summed E-state index contributed by atoms with van der Waals surface area (Å²) >= 11 is 0. The molecule has 0 N–H and O–H groups in total. The van der Waals surface area contributed by atoms with Crippen LogP contribution in [0.2, 0.25) is 0 Å². The smallest absolute Gasteiger partial charge is 0.151 e. The normalized spacial score (nSPS) is 15.4. The average molecular weight is 749 g/mol. The molecule has 0 unspecified atom stereocenters. The standard InChI is InChI=1S/C54H40N2O2/c1-53(2)39-16-12-22-49-51(39)55(45-18-8-10-20-47(45)57-49)43-26-24-34(31-41(43)53)37-28-36(33-14-6-5-7-15-33)29-38(30-37)35-25-27-44-42(32-35)54(3,4)40-17-13-23-50-52(40)56(44)46-19-9-11-21-48(46)58-50/h5-32H,1-4H3. The molecule has 0 saturated carbocycles. The van der Waals surface area contributed by atoms with E-state index in [0.29, 0.717) is 0 Å². The van der Waals surface area contributed by atoms with Crippen LogP contribution in [0.15, 0.2) is 170 Å². The summed E-state index contributed by atoms with van der Waals surface area (Å²) in [6.07, 6.45) is 0. The van der Waals surface area contributed by atoms with E-state index in [1.54, 1.807) is 0 Å². The predicted octanol–water partition coefficient (Wildman–Crippen LogP) is 15.1. The summed E-state index contributed by atoms with van der Waals surface area (Å²) in [4.78, 5) is 4.81. The van der Waals surface area contributed by atoms with Gasteiger partial charge in [0, 0.05) is 10.8 Å². The minimum absolute atomic E-state index is 0.263. The van der Waals surface area contributed by atoms with Gasteiger partial charge in [-0.3, -0.25) is 0 Å². The van der Waals surface area contributed by atoms with E-state index in [-0.39, 0.29) is 10.8 Å². The van der Waals surface area contributed by atoms with E-state index in [2.05, 4.69) is 195 Å². The summed E-state index contributed by atoms with van der Waals surface area (Å²) in [6, 6.07) is 61.6. The van der Waals surface area contributed by atoms with Gasteiger partial charge in [-0.05, 0) is 134 Å². The van der Waals surface area contributed by atoms with Gasteiger partial charge in [0.05, 0.1) is 34.1 Å². The Balaban J connectivity index is 1.03. The first-order valence-corrected chi connectivity index (χ1v) is 20.2. The van der Waals surface area contributed by atoms with Crippen LogP contribution in [0.25, 0.3) is 33.4 Å². The number of hydrogen-bond acceptors (Lipinski definition) is 4. The summed E-state index contributed by atoms with van der Waals surface area (Å²) in [6.45, 7) is 9.38. The molecule has 12 rings (SSSR count). The molecule has 8 aromatic carbocycles. The third-order valence-corrected chi connectivity index (χ3v) is 13.0. The molecule has 0 bridgehead atoms. The van der Waals surface area contributed by atoms with Crippen molar-refractivity contribution >= 4 is 34.1 Å².